The number of thiophene rings is 1. The number of aromatic nitrogens is 2. The van der Waals surface area contributed by atoms with E-state index in [1.165, 1.54) is 21.9 Å². The first-order valence-electron chi connectivity index (χ1n) is 10.9. The largest absolute Gasteiger partial charge is 0.477 e. The SMILES string of the molecule is CS(=O)(=O)N1CCC(N)CC1.O=C(O)c1cc2ccccc2n1Cc1cc(-c2ccc(Cl)s2)on1. The average molecular weight is 537 g/mol. The molecule has 0 unspecified atom stereocenters. The lowest BCUT2D eigenvalue weighted by atomic mass is 10.1. The van der Waals surface area contributed by atoms with Crippen molar-refractivity contribution in [2.75, 3.05) is 19.3 Å². The summed E-state index contributed by atoms with van der Waals surface area (Å²) in [5.74, 6) is -0.352. The van der Waals surface area contributed by atoms with Gasteiger partial charge >= 0.3 is 5.97 Å². The molecule has 1 aliphatic heterocycles. The lowest BCUT2D eigenvalue weighted by Gasteiger charge is -2.27. The van der Waals surface area contributed by atoms with Crippen molar-refractivity contribution in [2.45, 2.75) is 25.4 Å². The number of nitrogens with two attached hydrogens (primary N) is 1. The zero-order valence-electron chi connectivity index (χ0n) is 18.9. The standard InChI is InChI=1S/C17H11ClN2O3S.C6H14N2O2S/c18-16-6-5-15(24-16)14-8-11(19-23-14)9-20-12-4-2-1-3-10(12)7-13(20)17(21)22;1-11(9,10)8-4-2-6(7)3-5-8/h1-8H,9H2,(H,21,22);6H,2-5,7H2,1H3. The first kappa shape index (κ1) is 25.4. The van der Waals surface area contributed by atoms with Crippen LogP contribution >= 0.6 is 22.9 Å². The lowest BCUT2D eigenvalue weighted by Crippen LogP contribution is -2.42. The smallest absolute Gasteiger partial charge is 0.352 e. The van der Waals surface area contributed by atoms with E-state index in [0.717, 1.165) is 28.6 Å². The Kier molecular flexibility index (Phi) is 7.62. The number of fused-ring (bicyclic) bond motifs is 1. The molecule has 1 saturated heterocycles. The molecule has 1 aromatic carbocycles. The molecule has 4 aromatic rings. The molecule has 5 rings (SSSR count). The fraction of sp³-hybridized carbons (Fsp3) is 0.304. The van der Waals surface area contributed by atoms with E-state index in [1.54, 1.807) is 16.7 Å². The van der Waals surface area contributed by atoms with Crippen molar-refractivity contribution in [3.05, 3.63) is 64.3 Å². The number of piperidine rings is 1. The molecule has 12 heteroatoms. The van der Waals surface area contributed by atoms with Gasteiger partial charge < -0.3 is 19.9 Å². The lowest BCUT2D eigenvalue weighted by molar-refractivity contribution is 0.0686. The van der Waals surface area contributed by atoms with Crippen molar-refractivity contribution in [2.24, 2.45) is 5.73 Å². The summed E-state index contributed by atoms with van der Waals surface area (Å²) >= 11 is 7.34. The van der Waals surface area contributed by atoms with Crippen molar-refractivity contribution in [3.8, 4) is 10.6 Å². The van der Waals surface area contributed by atoms with Gasteiger partial charge in [0.15, 0.2) is 5.76 Å². The highest BCUT2D eigenvalue weighted by molar-refractivity contribution is 7.88. The van der Waals surface area contributed by atoms with Gasteiger partial charge in [0.25, 0.3) is 0 Å². The Morgan fingerprint density at radius 3 is 2.57 bits per heavy atom. The predicted molar refractivity (Wildman–Crippen MR) is 136 cm³/mol. The van der Waals surface area contributed by atoms with E-state index in [2.05, 4.69) is 5.16 Å². The zero-order chi connectivity index (χ0) is 25.2. The Morgan fingerprint density at radius 1 is 1.23 bits per heavy atom. The summed E-state index contributed by atoms with van der Waals surface area (Å²) in [6.45, 7) is 1.48. The van der Waals surface area contributed by atoms with E-state index in [1.807, 2.05) is 36.4 Å². The van der Waals surface area contributed by atoms with Crippen molar-refractivity contribution < 1.29 is 22.8 Å². The van der Waals surface area contributed by atoms with Crippen LogP contribution in [0.1, 0.15) is 29.0 Å². The maximum atomic E-state index is 11.5. The Labute approximate surface area is 211 Å². The zero-order valence-corrected chi connectivity index (χ0v) is 21.3. The summed E-state index contributed by atoms with van der Waals surface area (Å²) in [5.41, 5.74) is 7.34. The highest BCUT2D eigenvalue weighted by Crippen LogP contribution is 2.31. The topological polar surface area (TPSA) is 132 Å². The van der Waals surface area contributed by atoms with Crippen LogP contribution in [0.5, 0.6) is 0 Å². The summed E-state index contributed by atoms with van der Waals surface area (Å²) in [5, 5.41) is 14.4. The highest BCUT2D eigenvalue weighted by atomic mass is 35.5. The fourth-order valence-corrected chi connectivity index (χ4v) is 5.74. The molecule has 0 amide bonds. The first-order valence-corrected chi connectivity index (χ1v) is 13.9. The summed E-state index contributed by atoms with van der Waals surface area (Å²) in [6.07, 6.45) is 2.81. The van der Waals surface area contributed by atoms with Gasteiger partial charge in [-0.1, -0.05) is 35.0 Å². The third-order valence-corrected chi connectivity index (χ3v) is 8.24. The fourth-order valence-electron chi connectivity index (χ4n) is 3.88. The van der Waals surface area contributed by atoms with Crippen molar-refractivity contribution in [3.63, 3.8) is 0 Å². The van der Waals surface area contributed by atoms with Gasteiger partial charge in [-0.25, -0.2) is 17.5 Å². The van der Waals surface area contributed by atoms with Gasteiger partial charge in [0.1, 0.15) is 11.4 Å². The monoisotopic (exact) mass is 536 g/mol. The molecule has 186 valence electrons. The van der Waals surface area contributed by atoms with Crippen LogP contribution in [0.2, 0.25) is 4.34 Å². The van der Waals surface area contributed by atoms with Gasteiger partial charge in [0, 0.05) is 36.1 Å². The number of carboxylic acid groups (broad SMARTS) is 1. The number of rotatable bonds is 5. The second-order valence-electron chi connectivity index (χ2n) is 8.27. The molecule has 0 bridgehead atoms. The molecular formula is C23H25ClN4O5S2. The molecule has 0 saturated carbocycles. The summed E-state index contributed by atoms with van der Waals surface area (Å²) in [6, 6.07) is 14.9. The Hall–Kier alpha value is -2.70. The van der Waals surface area contributed by atoms with Crippen LogP contribution in [-0.2, 0) is 16.6 Å². The van der Waals surface area contributed by atoms with Crippen LogP contribution in [-0.4, -0.2) is 58.9 Å². The third kappa shape index (κ3) is 6.11. The molecule has 0 spiro atoms. The van der Waals surface area contributed by atoms with Gasteiger partial charge in [0.05, 0.1) is 22.0 Å². The Bertz CT molecular complexity index is 1430. The van der Waals surface area contributed by atoms with Crippen LogP contribution in [0.25, 0.3) is 21.5 Å². The maximum absolute atomic E-state index is 11.5. The van der Waals surface area contributed by atoms with E-state index in [-0.39, 0.29) is 11.7 Å². The number of carbonyl (C=O) groups is 1. The van der Waals surface area contributed by atoms with Crippen LogP contribution < -0.4 is 5.73 Å². The van der Waals surface area contributed by atoms with Crippen molar-refractivity contribution in [1.29, 1.82) is 0 Å². The number of hydrogen-bond donors (Lipinski definition) is 2. The van der Waals surface area contributed by atoms with Crippen LogP contribution in [0.4, 0.5) is 0 Å². The second-order valence-corrected chi connectivity index (χ2v) is 12.0. The molecule has 3 aromatic heterocycles. The van der Waals surface area contributed by atoms with Gasteiger partial charge in [-0.2, -0.15) is 0 Å². The Morgan fingerprint density at radius 2 is 1.94 bits per heavy atom. The van der Waals surface area contributed by atoms with Gasteiger partial charge in [-0.15, -0.1) is 11.3 Å². The van der Waals surface area contributed by atoms with E-state index < -0.39 is 16.0 Å². The molecule has 1 fully saturated rings. The number of halogens is 1. The highest BCUT2D eigenvalue weighted by Gasteiger charge is 2.22. The van der Waals surface area contributed by atoms with Crippen molar-refractivity contribution >= 4 is 49.8 Å². The summed E-state index contributed by atoms with van der Waals surface area (Å²) in [7, 11) is -2.97. The van der Waals surface area contributed by atoms with Gasteiger partial charge in [0.2, 0.25) is 10.0 Å². The number of aromatic carboxylic acids is 1. The molecular weight excluding hydrogens is 512 g/mol. The van der Waals surface area contributed by atoms with Crippen LogP contribution in [0.3, 0.4) is 0 Å². The minimum absolute atomic E-state index is 0.188. The molecule has 0 aliphatic carbocycles. The number of para-hydroxylation sites is 1. The van der Waals surface area contributed by atoms with E-state index in [4.69, 9.17) is 21.9 Å². The minimum atomic E-state index is -2.97. The van der Waals surface area contributed by atoms with Crippen LogP contribution in [0, 0.1) is 0 Å². The third-order valence-electron chi connectivity index (χ3n) is 5.69. The first-order chi connectivity index (χ1) is 16.6. The molecule has 4 heterocycles. The molecule has 3 N–H and O–H groups in total. The van der Waals surface area contributed by atoms with Gasteiger partial charge in [-0.3, -0.25) is 0 Å². The normalized spacial score (nSPS) is 15.2. The van der Waals surface area contributed by atoms with Gasteiger partial charge in [-0.05, 0) is 37.1 Å². The number of benzene rings is 1. The molecule has 0 atom stereocenters. The molecule has 0 radical (unpaired) electrons. The average Bonchev–Trinajstić information content (AvgIpc) is 3.53. The van der Waals surface area contributed by atoms with E-state index >= 15 is 0 Å². The molecule has 35 heavy (non-hydrogen) atoms. The number of nitrogens with zero attached hydrogens (tertiary/aromatic N) is 3. The summed E-state index contributed by atoms with van der Waals surface area (Å²) < 4.78 is 31.2. The molecule has 9 nitrogen and oxygen atoms in total. The van der Waals surface area contributed by atoms with E-state index in [0.29, 0.717) is 35.4 Å². The minimum Gasteiger partial charge on any atom is -0.477 e. The number of sulfonamides is 1. The van der Waals surface area contributed by atoms with E-state index in [9.17, 15) is 18.3 Å². The maximum Gasteiger partial charge on any atom is 0.352 e. The van der Waals surface area contributed by atoms with Crippen LogP contribution in [0.15, 0.2) is 53.1 Å². The number of hydrogen-bond acceptors (Lipinski definition) is 7. The van der Waals surface area contributed by atoms with Crippen molar-refractivity contribution in [1.82, 2.24) is 14.0 Å². The quantitative estimate of drug-likeness (QED) is 0.392. The predicted octanol–water partition coefficient (Wildman–Crippen LogP) is 4.13. The second kappa shape index (κ2) is 10.5. The summed E-state index contributed by atoms with van der Waals surface area (Å²) in [4.78, 5) is 12.4. The number of carboxylic acids is 1. The Balaban J connectivity index is 0.000000221. The molecule has 1 aliphatic rings.